The van der Waals surface area contributed by atoms with E-state index in [-0.39, 0.29) is 0 Å². The van der Waals surface area contributed by atoms with Gasteiger partial charge in [-0.2, -0.15) is 0 Å². The van der Waals surface area contributed by atoms with Gasteiger partial charge in [-0.25, -0.2) is 4.98 Å². The maximum atomic E-state index is 5.35. The molecule has 1 aromatic carbocycles. The first kappa shape index (κ1) is 17.9. The van der Waals surface area contributed by atoms with E-state index in [1.165, 1.54) is 20.9 Å². The van der Waals surface area contributed by atoms with E-state index in [2.05, 4.69) is 34.7 Å². The summed E-state index contributed by atoms with van der Waals surface area (Å²) in [6, 6.07) is 8.21. The van der Waals surface area contributed by atoms with E-state index in [0.29, 0.717) is 0 Å². The number of benzene rings is 1. The van der Waals surface area contributed by atoms with Crippen molar-refractivity contribution in [1.29, 1.82) is 0 Å². The van der Waals surface area contributed by atoms with Crippen molar-refractivity contribution < 1.29 is 9.47 Å². The predicted molar refractivity (Wildman–Crippen MR) is 105 cm³/mol. The molecule has 0 saturated heterocycles. The summed E-state index contributed by atoms with van der Waals surface area (Å²) in [5, 5.41) is 6.72. The zero-order valence-electron chi connectivity index (χ0n) is 14.7. The first-order valence-corrected chi connectivity index (χ1v) is 9.81. The quantitative estimate of drug-likeness (QED) is 0.588. The van der Waals surface area contributed by atoms with E-state index in [1.807, 2.05) is 18.3 Å². The maximum Gasteiger partial charge on any atom is 0.160 e. The number of thiophene rings is 1. The van der Waals surface area contributed by atoms with E-state index < -0.39 is 0 Å². The molecule has 0 aliphatic carbocycles. The number of hydrogen-bond acceptors (Lipinski definition) is 6. The third kappa shape index (κ3) is 4.39. The van der Waals surface area contributed by atoms with Gasteiger partial charge >= 0.3 is 0 Å². The van der Waals surface area contributed by atoms with E-state index in [1.54, 1.807) is 36.9 Å². The van der Waals surface area contributed by atoms with Crippen LogP contribution < -0.4 is 14.8 Å². The van der Waals surface area contributed by atoms with Crippen LogP contribution in [-0.4, -0.2) is 25.7 Å². The first-order valence-electron chi connectivity index (χ1n) is 8.12. The summed E-state index contributed by atoms with van der Waals surface area (Å²) in [4.78, 5) is 7.12. The molecule has 0 radical (unpaired) electrons. The van der Waals surface area contributed by atoms with Gasteiger partial charge < -0.3 is 14.8 Å². The predicted octanol–water partition coefficient (Wildman–Crippen LogP) is 4.53. The number of hydrogen-bond donors (Lipinski definition) is 1. The molecule has 0 unspecified atom stereocenters. The van der Waals surface area contributed by atoms with E-state index in [0.717, 1.165) is 36.0 Å². The van der Waals surface area contributed by atoms with Crippen molar-refractivity contribution in [3.63, 3.8) is 0 Å². The number of ether oxygens (including phenoxy) is 2. The number of rotatable bonds is 8. The van der Waals surface area contributed by atoms with E-state index >= 15 is 0 Å². The fraction of sp³-hybridized carbons (Fsp3) is 0.316. The molecule has 4 nitrogen and oxygen atoms in total. The zero-order valence-corrected chi connectivity index (χ0v) is 16.3. The highest BCUT2D eigenvalue weighted by Crippen LogP contribution is 2.33. The molecule has 0 atom stereocenters. The molecule has 132 valence electrons. The molecule has 0 amide bonds. The van der Waals surface area contributed by atoms with Crippen LogP contribution in [0.1, 0.15) is 16.1 Å². The monoisotopic (exact) mass is 374 g/mol. The van der Waals surface area contributed by atoms with Gasteiger partial charge in [0.1, 0.15) is 5.01 Å². The van der Waals surface area contributed by atoms with Crippen molar-refractivity contribution in [1.82, 2.24) is 10.3 Å². The first-order chi connectivity index (χ1) is 12.2. The number of aromatic nitrogens is 1. The lowest BCUT2D eigenvalue weighted by Gasteiger charge is -2.09. The summed E-state index contributed by atoms with van der Waals surface area (Å²) in [6.45, 7) is 3.83. The van der Waals surface area contributed by atoms with Crippen LogP contribution >= 0.6 is 22.7 Å². The van der Waals surface area contributed by atoms with Crippen LogP contribution in [0, 0.1) is 6.92 Å². The van der Waals surface area contributed by atoms with Gasteiger partial charge in [0, 0.05) is 17.6 Å². The average Bonchev–Trinajstić information content (AvgIpc) is 3.27. The lowest BCUT2D eigenvalue weighted by atomic mass is 10.1. The number of nitrogens with one attached hydrogen (secondary N) is 1. The van der Waals surface area contributed by atoms with Crippen LogP contribution in [0.3, 0.4) is 0 Å². The maximum absolute atomic E-state index is 5.35. The van der Waals surface area contributed by atoms with Gasteiger partial charge in [0.2, 0.25) is 0 Å². The largest absolute Gasteiger partial charge is 0.493 e. The van der Waals surface area contributed by atoms with Gasteiger partial charge in [0.15, 0.2) is 11.5 Å². The molecule has 1 N–H and O–H groups in total. The number of aryl methyl sites for hydroxylation is 1. The Balaban J connectivity index is 1.51. The standard InChI is InChI=1S/C19H22N2O2S2/c1-13-7-9-24-19(13)17-11-21-18(25-17)12-20-8-6-14-4-5-15(22-2)16(10-14)23-3/h4-5,7,9-11,20H,6,8,12H2,1-3H3. The summed E-state index contributed by atoms with van der Waals surface area (Å²) >= 11 is 3.54. The highest BCUT2D eigenvalue weighted by molar-refractivity contribution is 7.21. The van der Waals surface area contributed by atoms with E-state index in [9.17, 15) is 0 Å². The Morgan fingerprint density at radius 1 is 1.12 bits per heavy atom. The van der Waals surface area contributed by atoms with E-state index in [4.69, 9.17) is 9.47 Å². The topological polar surface area (TPSA) is 43.4 Å². The molecule has 2 heterocycles. The number of nitrogens with zero attached hydrogens (tertiary/aromatic N) is 1. The fourth-order valence-electron chi connectivity index (χ4n) is 2.59. The van der Waals surface area contributed by atoms with Crippen molar-refractivity contribution in [2.24, 2.45) is 0 Å². The van der Waals surface area contributed by atoms with Crippen LogP contribution in [0.4, 0.5) is 0 Å². The fourth-order valence-corrected chi connectivity index (χ4v) is 4.58. The summed E-state index contributed by atoms with van der Waals surface area (Å²) in [7, 11) is 3.31. The van der Waals surface area contributed by atoms with Gasteiger partial charge in [-0.05, 0) is 54.6 Å². The molecule has 3 aromatic rings. The smallest absolute Gasteiger partial charge is 0.160 e. The van der Waals surface area contributed by atoms with Gasteiger partial charge in [0.25, 0.3) is 0 Å². The highest BCUT2D eigenvalue weighted by atomic mass is 32.1. The summed E-state index contributed by atoms with van der Waals surface area (Å²) in [5.74, 6) is 1.54. The van der Waals surface area contributed by atoms with Gasteiger partial charge in [-0.1, -0.05) is 6.07 Å². The average molecular weight is 375 g/mol. The second kappa shape index (κ2) is 8.47. The van der Waals surface area contributed by atoms with Crippen LogP contribution in [0.2, 0.25) is 0 Å². The normalized spacial score (nSPS) is 10.8. The Morgan fingerprint density at radius 3 is 2.68 bits per heavy atom. The van der Waals surface area contributed by atoms with Crippen molar-refractivity contribution in [2.45, 2.75) is 19.9 Å². The molecule has 6 heteroatoms. The molecular weight excluding hydrogens is 352 g/mol. The lowest BCUT2D eigenvalue weighted by Crippen LogP contribution is -2.16. The van der Waals surface area contributed by atoms with Crippen molar-refractivity contribution in [3.05, 3.63) is 52.0 Å². The lowest BCUT2D eigenvalue weighted by molar-refractivity contribution is 0.354. The minimum absolute atomic E-state index is 0.762. The van der Waals surface area contributed by atoms with Crippen LogP contribution in [0.25, 0.3) is 9.75 Å². The molecule has 0 saturated carbocycles. The summed E-state index contributed by atoms with van der Waals surface area (Å²) in [5.41, 5.74) is 2.54. The SMILES string of the molecule is COc1ccc(CCNCc2ncc(-c3sccc3C)s2)cc1OC. The second-order valence-electron chi connectivity index (χ2n) is 5.67. The Morgan fingerprint density at radius 2 is 1.96 bits per heavy atom. The summed E-state index contributed by atoms with van der Waals surface area (Å²) in [6.07, 6.45) is 2.91. The van der Waals surface area contributed by atoms with Crippen LogP contribution in [0.5, 0.6) is 11.5 Å². The molecular formula is C19H22N2O2S2. The minimum atomic E-state index is 0.762. The Hall–Kier alpha value is -1.89. The third-order valence-corrected chi connectivity index (χ3v) is 6.15. The van der Waals surface area contributed by atoms with Gasteiger partial charge in [-0.3, -0.25) is 0 Å². The van der Waals surface area contributed by atoms with Gasteiger partial charge in [-0.15, -0.1) is 22.7 Å². The number of methoxy groups -OCH3 is 2. The molecule has 0 spiro atoms. The molecule has 0 bridgehead atoms. The zero-order chi connectivity index (χ0) is 17.6. The molecule has 3 rings (SSSR count). The van der Waals surface area contributed by atoms with Crippen molar-refractivity contribution in [3.8, 4) is 21.3 Å². The van der Waals surface area contributed by atoms with Gasteiger partial charge in [0.05, 0.1) is 19.1 Å². The molecule has 25 heavy (non-hydrogen) atoms. The van der Waals surface area contributed by atoms with Crippen molar-refractivity contribution >= 4 is 22.7 Å². The molecule has 2 aromatic heterocycles. The third-order valence-electron chi connectivity index (χ3n) is 3.95. The highest BCUT2D eigenvalue weighted by Gasteiger charge is 2.08. The Bertz CT molecular complexity index is 826. The second-order valence-corrected chi connectivity index (χ2v) is 7.70. The van der Waals surface area contributed by atoms with Crippen LogP contribution in [0.15, 0.2) is 35.8 Å². The Labute approximate surface area is 156 Å². The molecule has 0 fully saturated rings. The number of thiazole rings is 1. The summed E-state index contributed by atoms with van der Waals surface area (Å²) < 4.78 is 10.6. The molecule has 0 aliphatic heterocycles. The minimum Gasteiger partial charge on any atom is -0.493 e. The Kier molecular flexibility index (Phi) is 6.07. The molecule has 0 aliphatic rings. The van der Waals surface area contributed by atoms with Crippen molar-refractivity contribution in [2.75, 3.05) is 20.8 Å². The van der Waals surface area contributed by atoms with Crippen LogP contribution in [-0.2, 0) is 13.0 Å².